The summed E-state index contributed by atoms with van der Waals surface area (Å²) in [6.45, 7) is 0.393. The van der Waals surface area contributed by atoms with Gasteiger partial charge < -0.3 is 9.63 Å². The van der Waals surface area contributed by atoms with Gasteiger partial charge in [0.1, 0.15) is 0 Å². The van der Waals surface area contributed by atoms with E-state index in [-0.39, 0.29) is 6.54 Å². The lowest BCUT2D eigenvalue weighted by atomic mass is 10.2. The molecule has 0 aliphatic heterocycles. The van der Waals surface area contributed by atoms with Crippen molar-refractivity contribution in [3.05, 3.63) is 36.2 Å². The van der Waals surface area contributed by atoms with E-state index in [2.05, 4.69) is 10.1 Å². The molecule has 1 heterocycles. The summed E-state index contributed by atoms with van der Waals surface area (Å²) >= 11 is 0. The summed E-state index contributed by atoms with van der Waals surface area (Å²) in [5, 5.41) is 12.9. The van der Waals surface area contributed by atoms with Crippen LogP contribution in [0, 0.1) is 0 Å². The van der Waals surface area contributed by atoms with E-state index in [0.717, 1.165) is 18.4 Å². The monoisotopic (exact) mass is 273 g/mol. The average Bonchev–Trinajstić information content (AvgIpc) is 3.19. The second-order valence-corrected chi connectivity index (χ2v) is 4.91. The van der Waals surface area contributed by atoms with E-state index in [1.807, 2.05) is 35.2 Å². The molecule has 1 aliphatic carbocycles. The van der Waals surface area contributed by atoms with Crippen LogP contribution in [0.4, 0.5) is 0 Å². The molecule has 1 saturated carbocycles. The SMILES string of the molecule is O=C(O)CN(Cc1nc(-c2ccccc2)no1)C1CC1. The largest absolute Gasteiger partial charge is 0.480 e. The Morgan fingerprint density at radius 2 is 2.10 bits per heavy atom. The third-order valence-electron chi connectivity index (χ3n) is 3.24. The van der Waals surface area contributed by atoms with Crippen molar-refractivity contribution in [2.45, 2.75) is 25.4 Å². The molecule has 1 aromatic carbocycles. The van der Waals surface area contributed by atoms with Crippen LogP contribution < -0.4 is 0 Å². The number of rotatable bonds is 6. The van der Waals surface area contributed by atoms with E-state index in [1.165, 1.54) is 0 Å². The molecule has 1 aliphatic rings. The van der Waals surface area contributed by atoms with Gasteiger partial charge in [0.2, 0.25) is 11.7 Å². The number of hydrogen-bond acceptors (Lipinski definition) is 5. The molecule has 3 rings (SSSR count). The number of nitrogens with zero attached hydrogens (tertiary/aromatic N) is 3. The van der Waals surface area contributed by atoms with Gasteiger partial charge in [0, 0.05) is 11.6 Å². The fraction of sp³-hybridized carbons (Fsp3) is 0.357. The van der Waals surface area contributed by atoms with Crippen LogP contribution in [0.3, 0.4) is 0 Å². The molecule has 1 aromatic heterocycles. The van der Waals surface area contributed by atoms with E-state index in [4.69, 9.17) is 9.63 Å². The number of benzene rings is 1. The van der Waals surface area contributed by atoms with E-state index < -0.39 is 5.97 Å². The summed E-state index contributed by atoms with van der Waals surface area (Å²) in [5.41, 5.74) is 0.888. The topological polar surface area (TPSA) is 79.5 Å². The standard InChI is InChI=1S/C14H15N3O3/c18-13(19)9-17(11-6-7-11)8-12-15-14(16-20-12)10-4-2-1-3-5-10/h1-5,11H,6-9H2,(H,18,19). The highest BCUT2D eigenvalue weighted by atomic mass is 16.5. The summed E-state index contributed by atoms with van der Waals surface area (Å²) in [6, 6.07) is 9.89. The fourth-order valence-electron chi connectivity index (χ4n) is 2.12. The van der Waals surface area contributed by atoms with Crippen molar-refractivity contribution in [2.24, 2.45) is 0 Å². The maximum Gasteiger partial charge on any atom is 0.317 e. The van der Waals surface area contributed by atoms with E-state index in [0.29, 0.717) is 24.3 Å². The second kappa shape index (κ2) is 5.42. The average molecular weight is 273 g/mol. The Morgan fingerprint density at radius 3 is 2.75 bits per heavy atom. The molecule has 20 heavy (non-hydrogen) atoms. The molecule has 6 nitrogen and oxygen atoms in total. The molecular formula is C14H15N3O3. The van der Waals surface area contributed by atoms with Crippen LogP contribution in [-0.4, -0.2) is 38.7 Å². The first-order valence-electron chi connectivity index (χ1n) is 6.56. The molecule has 1 N–H and O–H groups in total. The summed E-state index contributed by atoms with van der Waals surface area (Å²) in [4.78, 5) is 17.0. The van der Waals surface area contributed by atoms with Gasteiger partial charge in [0.05, 0.1) is 13.1 Å². The van der Waals surface area contributed by atoms with Crippen molar-refractivity contribution < 1.29 is 14.4 Å². The van der Waals surface area contributed by atoms with Gasteiger partial charge in [-0.2, -0.15) is 4.98 Å². The molecule has 0 bridgehead atoms. The highest BCUT2D eigenvalue weighted by molar-refractivity contribution is 5.69. The molecule has 0 atom stereocenters. The Kier molecular flexibility index (Phi) is 3.47. The van der Waals surface area contributed by atoms with Gasteiger partial charge in [-0.05, 0) is 12.8 Å². The maximum atomic E-state index is 10.9. The normalized spacial score (nSPS) is 14.7. The Labute approximate surface area is 116 Å². The van der Waals surface area contributed by atoms with Gasteiger partial charge in [-0.3, -0.25) is 9.69 Å². The predicted octanol–water partition coefficient (Wildman–Crippen LogP) is 1.79. The summed E-state index contributed by atoms with van der Waals surface area (Å²) in [5.74, 6) is 0.156. The van der Waals surface area contributed by atoms with Crippen LogP contribution in [0.5, 0.6) is 0 Å². The highest BCUT2D eigenvalue weighted by Gasteiger charge is 2.31. The van der Waals surface area contributed by atoms with Crippen molar-refractivity contribution in [2.75, 3.05) is 6.54 Å². The minimum Gasteiger partial charge on any atom is -0.480 e. The number of carboxylic acids is 1. The zero-order valence-corrected chi connectivity index (χ0v) is 10.9. The van der Waals surface area contributed by atoms with Gasteiger partial charge in [0.25, 0.3) is 0 Å². The van der Waals surface area contributed by atoms with Crippen LogP contribution in [0.1, 0.15) is 18.7 Å². The number of aliphatic carboxylic acids is 1. The Bertz CT molecular complexity index is 593. The zero-order valence-electron chi connectivity index (χ0n) is 10.9. The lowest BCUT2D eigenvalue weighted by Gasteiger charge is -2.16. The van der Waals surface area contributed by atoms with Crippen LogP contribution in [0.2, 0.25) is 0 Å². The van der Waals surface area contributed by atoms with Gasteiger partial charge >= 0.3 is 5.97 Å². The molecule has 0 unspecified atom stereocenters. The van der Waals surface area contributed by atoms with Crippen molar-refractivity contribution in [1.29, 1.82) is 0 Å². The van der Waals surface area contributed by atoms with Crippen molar-refractivity contribution in [3.63, 3.8) is 0 Å². The fourth-order valence-corrected chi connectivity index (χ4v) is 2.12. The van der Waals surface area contributed by atoms with Gasteiger partial charge in [-0.25, -0.2) is 0 Å². The smallest absolute Gasteiger partial charge is 0.317 e. The summed E-state index contributed by atoms with van der Waals surface area (Å²) in [6.07, 6.45) is 2.07. The van der Waals surface area contributed by atoms with Gasteiger partial charge in [0.15, 0.2) is 0 Å². The van der Waals surface area contributed by atoms with Crippen LogP contribution in [0.25, 0.3) is 11.4 Å². The number of aromatic nitrogens is 2. The van der Waals surface area contributed by atoms with E-state index >= 15 is 0 Å². The molecule has 0 radical (unpaired) electrons. The molecule has 0 amide bonds. The molecule has 104 valence electrons. The molecule has 1 fully saturated rings. The molecule has 0 spiro atoms. The van der Waals surface area contributed by atoms with Crippen molar-refractivity contribution >= 4 is 5.97 Å². The number of carbonyl (C=O) groups is 1. The Morgan fingerprint density at radius 1 is 1.35 bits per heavy atom. The zero-order chi connectivity index (χ0) is 13.9. The lowest BCUT2D eigenvalue weighted by Crippen LogP contribution is -2.31. The minimum atomic E-state index is -0.834. The summed E-state index contributed by atoms with van der Waals surface area (Å²) in [7, 11) is 0. The van der Waals surface area contributed by atoms with Crippen LogP contribution in [0.15, 0.2) is 34.9 Å². The lowest BCUT2D eigenvalue weighted by molar-refractivity contribution is -0.138. The molecule has 0 saturated heterocycles. The molecular weight excluding hydrogens is 258 g/mol. The third kappa shape index (κ3) is 3.03. The Balaban J connectivity index is 1.71. The number of hydrogen-bond donors (Lipinski definition) is 1. The third-order valence-corrected chi connectivity index (χ3v) is 3.24. The maximum absolute atomic E-state index is 10.9. The van der Waals surface area contributed by atoms with E-state index in [1.54, 1.807) is 0 Å². The minimum absolute atomic E-state index is 0.00766. The van der Waals surface area contributed by atoms with Gasteiger partial charge in [-0.15, -0.1) is 0 Å². The van der Waals surface area contributed by atoms with Gasteiger partial charge in [-0.1, -0.05) is 35.5 Å². The molecule has 2 aromatic rings. The van der Waals surface area contributed by atoms with Crippen molar-refractivity contribution in [3.8, 4) is 11.4 Å². The van der Waals surface area contributed by atoms with Crippen molar-refractivity contribution in [1.82, 2.24) is 15.0 Å². The quantitative estimate of drug-likeness (QED) is 0.864. The van der Waals surface area contributed by atoms with Crippen LogP contribution in [-0.2, 0) is 11.3 Å². The number of carboxylic acid groups (broad SMARTS) is 1. The second-order valence-electron chi connectivity index (χ2n) is 4.91. The highest BCUT2D eigenvalue weighted by Crippen LogP contribution is 2.28. The van der Waals surface area contributed by atoms with Crippen LogP contribution >= 0.6 is 0 Å². The first kappa shape index (κ1) is 12.8. The first-order valence-corrected chi connectivity index (χ1v) is 6.56. The Hall–Kier alpha value is -2.21. The molecule has 6 heteroatoms. The predicted molar refractivity (Wildman–Crippen MR) is 70.8 cm³/mol. The van der Waals surface area contributed by atoms with E-state index in [9.17, 15) is 4.79 Å². The summed E-state index contributed by atoms with van der Waals surface area (Å²) < 4.78 is 5.21. The first-order chi connectivity index (χ1) is 9.72.